The molecule has 1 heterocycles. The Morgan fingerprint density at radius 2 is 1.77 bits per heavy atom. The number of unbranched alkanes of at least 4 members (excludes halogenated alkanes) is 3. The van der Waals surface area contributed by atoms with Crippen molar-refractivity contribution in [3.8, 4) is 0 Å². The van der Waals surface area contributed by atoms with Gasteiger partial charge >= 0.3 is 0 Å². The highest BCUT2D eigenvalue weighted by Gasteiger charge is 2.15. The Bertz CT molecular complexity index is 843. The second kappa shape index (κ2) is 12.6. The number of hydrogen-bond donors (Lipinski definition) is 3. The molecule has 0 aliphatic heterocycles. The zero-order chi connectivity index (χ0) is 21.8. The zero-order valence-electron chi connectivity index (χ0n) is 16.8. The fourth-order valence-corrected chi connectivity index (χ4v) is 2.88. The number of nitrogens with zero attached hydrogens (tertiary/aromatic N) is 3. The fraction of sp³-hybridized carbons (Fsp3) is 0.333. The Morgan fingerprint density at radius 1 is 1.10 bits per heavy atom. The van der Waals surface area contributed by atoms with Crippen molar-refractivity contribution in [2.75, 3.05) is 11.4 Å². The van der Waals surface area contributed by atoms with Crippen LogP contribution in [0.4, 0.5) is 11.6 Å². The lowest BCUT2D eigenvalue weighted by Crippen LogP contribution is -2.25. The molecule has 3 N–H and O–H groups in total. The first-order chi connectivity index (χ1) is 14.6. The molecule has 2 rings (SSSR count). The summed E-state index contributed by atoms with van der Waals surface area (Å²) in [5.41, 5.74) is 5.04. The van der Waals surface area contributed by atoms with Crippen LogP contribution >= 0.6 is 11.6 Å². The van der Waals surface area contributed by atoms with E-state index in [1.54, 1.807) is 10.4 Å². The minimum absolute atomic E-state index is 0.239. The first-order valence-corrected chi connectivity index (χ1v) is 10.2. The first-order valence-electron chi connectivity index (χ1n) is 9.72. The number of carbonyl (C=O) groups excluding carboxylic acids is 2. The average Bonchev–Trinajstić information content (AvgIpc) is 2.79. The maximum Gasteiger partial charge on any atom is 0.254 e. The number of rotatable bonds is 11. The average molecular weight is 432 g/mol. The molecule has 0 spiro atoms. The molecule has 0 bridgehead atoms. The summed E-state index contributed by atoms with van der Waals surface area (Å²) in [5, 5.41) is 11.3. The Hall–Kier alpha value is -2.97. The summed E-state index contributed by atoms with van der Waals surface area (Å²) in [6.07, 6.45) is 6.50. The van der Waals surface area contributed by atoms with Crippen molar-refractivity contribution < 1.29 is 14.8 Å². The van der Waals surface area contributed by atoms with Crippen molar-refractivity contribution >= 4 is 35.1 Å². The number of para-hydroxylation sites is 1. The van der Waals surface area contributed by atoms with E-state index >= 15 is 0 Å². The van der Waals surface area contributed by atoms with Gasteiger partial charge in [0.1, 0.15) is 0 Å². The van der Waals surface area contributed by atoms with Gasteiger partial charge in [-0.25, -0.2) is 15.4 Å². The van der Waals surface area contributed by atoms with Gasteiger partial charge in [-0.1, -0.05) is 42.6 Å². The van der Waals surface area contributed by atoms with Crippen molar-refractivity contribution in [1.29, 1.82) is 0 Å². The van der Waals surface area contributed by atoms with Crippen LogP contribution in [-0.4, -0.2) is 33.5 Å². The van der Waals surface area contributed by atoms with E-state index in [-0.39, 0.29) is 11.8 Å². The summed E-state index contributed by atoms with van der Waals surface area (Å²) >= 11 is 5.90. The third-order valence-electron chi connectivity index (χ3n) is 4.37. The highest BCUT2D eigenvalue weighted by molar-refractivity contribution is 6.25. The number of carbonyl (C=O) groups is 2. The number of anilines is 2. The van der Waals surface area contributed by atoms with Gasteiger partial charge in [-0.05, 0) is 31.9 Å². The van der Waals surface area contributed by atoms with E-state index in [0.717, 1.165) is 30.6 Å². The molecule has 0 aliphatic rings. The van der Waals surface area contributed by atoms with E-state index in [1.165, 1.54) is 17.9 Å². The van der Waals surface area contributed by atoms with Crippen LogP contribution in [0.1, 0.15) is 49.4 Å². The number of allylic oxidation sites excluding steroid dienone is 1. The summed E-state index contributed by atoms with van der Waals surface area (Å²) in [5.74, 6) is -0.203. The second-order valence-corrected chi connectivity index (χ2v) is 6.87. The van der Waals surface area contributed by atoms with E-state index < -0.39 is 0 Å². The summed E-state index contributed by atoms with van der Waals surface area (Å²) in [4.78, 5) is 33.7. The minimum atomic E-state index is -0.380. The van der Waals surface area contributed by atoms with Crippen LogP contribution in [0.5, 0.6) is 0 Å². The maximum atomic E-state index is 12.3. The normalized spacial score (nSPS) is 11.1. The number of amides is 2. The molecule has 0 saturated carbocycles. The molecule has 1 aromatic heterocycles. The van der Waals surface area contributed by atoms with Gasteiger partial charge < -0.3 is 5.32 Å². The van der Waals surface area contributed by atoms with Gasteiger partial charge in [0.05, 0.1) is 5.56 Å². The van der Waals surface area contributed by atoms with E-state index in [1.807, 2.05) is 37.3 Å². The van der Waals surface area contributed by atoms with Crippen LogP contribution in [0, 0.1) is 0 Å². The Kier molecular flexibility index (Phi) is 9.76. The molecule has 0 saturated heterocycles. The van der Waals surface area contributed by atoms with Gasteiger partial charge in [0.15, 0.2) is 0 Å². The molecule has 0 aliphatic carbocycles. The number of aromatic nitrogens is 2. The molecule has 2 amide bonds. The van der Waals surface area contributed by atoms with Crippen molar-refractivity contribution in [2.45, 2.75) is 39.0 Å². The predicted molar refractivity (Wildman–Crippen MR) is 116 cm³/mol. The monoisotopic (exact) mass is 431 g/mol. The Labute approximate surface area is 180 Å². The lowest BCUT2D eigenvalue weighted by molar-refractivity contribution is -0.129. The quantitative estimate of drug-likeness (QED) is 0.283. The topological polar surface area (TPSA) is 107 Å². The van der Waals surface area contributed by atoms with Crippen LogP contribution in [0.15, 0.2) is 54.0 Å². The molecular formula is C21H26ClN5O3. The summed E-state index contributed by atoms with van der Waals surface area (Å²) < 4.78 is 0. The molecule has 2 aromatic rings. The van der Waals surface area contributed by atoms with Gasteiger partial charge in [0, 0.05) is 42.3 Å². The van der Waals surface area contributed by atoms with E-state index in [2.05, 4.69) is 15.3 Å². The lowest BCUT2D eigenvalue weighted by atomic mass is 10.1. The maximum absolute atomic E-state index is 12.3. The number of halogens is 1. The van der Waals surface area contributed by atoms with Gasteiger partial charge in [0.25, 0.3) is 5.91 Å². The Balaban J connectivity index is 1.87. The van der Waals surface area contributed by atoms with Crippen molar-refractivity contribution in [3.63, 3.8) is 0 Å². The van der Waals surface area contributed by atoms with E-state index in [0.29, 0.717) is 30.9 Å². The van der Waals surface area contributed by atoms with Gasteiger partial charge in [-0.2, -0.15) is 0 Å². The van der Waals surface area contributed by atoms with Crippen molar-refractivity contribution in [1.82, 2.24) is 20.8 Å². The van der Waals surface area contributed by atoms with Crippen LogP contribution in [-0.2, 0) is 4.79 Å². The third kappa shape index (κ3) is 7.13. The van der Waals surface area contributed by atoms with Crippen LogP contribution in [0.3, 0.4) is 0 Å². The minimum Gasteiger partial charge on any atom is -0.352 e. The van der Waals surface area contributed by atoms with Crippen LogP contribution < -0.4 is 15.7 Å². The number of hydrogen-bond acceptors (Lipinski definition) is 6. The van der Waals surface area contributed by atoms with Crippen LogP contribution in [0.2, 0.25) is 0 Å². The first kappa shape index (κ1) is 23.3. The molecule has 8 nitrogen and oxygen atoms in total. The number of hydroxylamine groups is 1. The highest BCUT2D eigenvalue weighted by Crippen LogP contribution is 2.26. The summed E-state index contributed by atoms with van der Waals surface area (Å²) in [6, 6.07) is 9.58. The Morgan fingerprint density at radius 3 is 2.40 bits per heavy atom. The van der Waals surface area contributed by atoms with Crippen LogP contribution in [0.25, 0.3) is 0 Å². The zero-order valence-corrected chi connectivity index (χ0v) is 17.6. The van der Waals surface area contributed by atoms with E-state index in [9.17, 15) is 9.59 Å². The van der Waals surface area contributed by atoms with Crippen molar-refractivity contribution in [2.24, 2.45) is 0 Å². The SMILES string of the molecule is C/C(=C/Cl)N(c1ccccc1)c1ncc(C(=O)NCCCCCCC(=O)NO)cn1. The molecule has 0 fully saturated rings. The molecule has 0 unspecified atom stereocenters. The summed E-state index contributed by atoms with van der Waals surface area (Å²) in [6.45, 7) is 2.37. The van der Waals surface area contributed by atoms with Gasteiger partial charge in [0.2, 0.25) is 11.9 Å². The van der Waals surface area contributed by atoms with Crippen molar-refractivity contribution in [3.05, 3.63) is 59.5 Å². The second-order valence-electron chi connectivity index (χ2n) is 6.65. The third-order valence-corrected chi connectivity index (χ3v) is 4.68. The smallest absolute Gasteiger partial charge is 0.254 e. The molecular weight excluding hydrogens is 406 g/mol. The number of nitrogens with one attached hydrogen (secondary N) is 2. The largest absolute Gasteiger partial charge is 0.352 e. The molecule has 0 radical (unpaired) electrons. The molecule has 160 valence electrons. The molecule has 9 heteroatoms. The highest BCUT2D eigenvalue weighted by atomic mass is 35.5. The molecule has 1 aromatic carbocycles. The standard InChI is InChI=1S/C21H26ClN5O3/c1-16(13-22)27(18-9-5-4-6-10-18)21-24-14-17(15-25-21)20(29)23-12-8-3-2-7-11-19(28)26-30/h4-6,9-10,13-15,30H,2-3,7-8,11-12H2,1H3,(H,23,29)(H,26,28)/b16-13-. The molecule has 30 heavy (non-hydrogen) atoms. The van der Waals surface area contributed by atoms with Gasteiger partial charge in [-0.15, -0.1) is 0 Å². The lowest BCUT2D eigenvalue weighted by Gasteiger charge is -2.22. The predicted octanol–water partition coefficient (Wildman–Crippen LogP) is 3.90. The van der Waals surface area contributed by atoms with E-state index in [4.69, 9.17) is 16.8 Å². The number of benzene rings is 1. The fourth-order valence-electron chi connectivity index (χ4n) is 2.78. The summed E-state index contributed by atoms with van der Waals surface area (Å²) in [7, 11) is 0. The molecule has 0 atom stereocenters. The van der Waals surface area contributed by atoms with Gasteiger partial charge in [-0.3, -0.25) is 19.7 Å².